The maximum absolute atomic E-state index is 13.5. The van der Waals surface area contributed by atoms with Crippen LogP contribution in [0, 0.1) is 6.92 Å². The Hall–Kier alpha value is -1.03. The Morgan fingerprint density at radius 3 is 2.69 bits per heavy atom. The summed E-state index contributed by atoms with van der Waals surface area (Å²) >= 11 is 0. The third-order valence-electron chi connectivity index (χ3n) is 3.08. The Balaban J connectivity index is 1.84. The maximum Gasteiger partial charge on any atom is 0.125 e. The average Bonchev–Trinajstić information content (AvgIpc) is 2.30. The standard InChI is InChI=1S/C12H18FN3/c1-9-14-6-10(7-15-9)8-16-12-5-3-2-4-11(12)13/h6-7,11-12,16H,2-5,8H2,1H3/t11-,12-/m1/s1. The number of hydrogen-bond donors (Lipinski definition) is 1. The topological polar surface area (TPSA) is 37.8 Å². The molecule has 0 radical (unpaired) electrons. The van der Waals surface area contributed by atoms with Gasteiger partial charge in [-0.2, -0.15) is 0 Å². The zero-order valence-electron chi connectivity index (χ0n) is 9.62. The first-order valence-corrected chi connectivity index (χ1v) is 5.90. The van der Waals surface area contributed by atoms with Crippen molar-refractivity contribution in [2.45, 2.75) is 51.4 Å². The monoisotopic (exact) mass is 223 g/mol. The molecule has 88 valence electrons. The summed E-state index contributed by atoms with van der Waals surface area (Å²) in [7, 11) is 0. The summed E-state index contributed by atoms with van der Waals surface area (Å²) in [6, 6.07) is 0.00931. The van der Waals surface area contributed by atoms with Gasteiger partial charge in [-0.1, -0.05) is 12.8 Å². The number of rotatable bonds is 3. The lowest BCUT2D eigenvalue weighted by atomic mass is 9.93. The summed E-state index contributed by atoms with van der Waals surface area (Å²) in [5.74, 6) is 0.768. The number of aryl methyl sites for hydroxylation is 1. The first-order valence-electron chi connectivity index (χ1n) is 5.90. The van der Waals surface area contributed by atoms with Gasteiger partial charge in [0.1, 0.15) is 12.0 Å². The number of hydrogen-bond acceptors (Lipinski definition) is 3. The molecule has 1 aliphatic rings. The smallest absolute Gasteiger partial charge is 0.125 e. The first kappa shape index (κ1) is 11.5. The van der Waals surface area contributed by atoms with Crippen LogP contribution in [-0.2, 0) is 6.54 Å². The van der Waals surface area contributed by atoms with E-state index in [0.717, 1.165) is 30.7 Å². The van der Waals surface area contributed by atoms with Crippen molar-refractivity contribution in [1.29, 1.82) is 0 Å². The van der Waals surface area contributed by atoms with E-state index in [1.807, 2.05) is 6.92 Å². The van der Waals surface area contributed by atoms with Gasteiger partial charge in [-0.05, 0) is 19.8 Å². The van der Waals surface area contributed by atoms with Gasteiger partial charge in [0.2, 0.25) is 0 Å². The predicted molar refractivity (Wildman–Crippen MR) is 60.8 cm³/mol. The second-order valence-corrected chi connectivity index (χ2v) is 4.43. The normalized spacial score (nSPS) is 25.6. The molecular weight excluding hydrogens is 205 g/mol. The Labute approximate surface area is 95.5 Å². The van der Waals surface area contributed by atoms with Crippen molar-refractivity contribution >= 4 is 0 Å². The van der Waals surface area contributed by atoms with E-state index in [0.29, 0.717) is 13.0 Å². The van der Waals surface area contributed by atoms with Crippen molar-refractivity contribution in [3.63, 3.8) is 0 Å². The lowest BCUT2D eigenvalue weighted by molar-refractivity contribution is 0.188. The summed E-state index contributed by atoms with van der Waals surface area (Å²) in [4.78, 5) is 8.23. The predicted octanol–water partition coefficient (Wildman–Crippen LogP) is 2.16. The molecule has 1 aromatic heterocycles. The Bertz CT molecular complexity index is 326. The fourth-order valence-corrected chi connectivity index (χ4v) is 2.08. The number of nitrogens with one attached hydrogen (secondary N) is 1. The molecule has 0 unspecified atom stereocenters. The van der Waals surface area contributed by atoms with Crippen LogP contribution < -0.4 is 5.32 Å². The Morgan fingerprint density at radius 1 is 1.31 bits per heavy atom. The van der Waals surface area contributed by atoms with Crippen molar-refractivity contribution in [2.75, 3.05) is 0 Å². The molecule has 1 aliphatic carbocycles. The van der Waals surface area contributed by atoms with Gasteiger partial charge in [-0.25, -0.2) is 14.4 Å². The fourth-order valence-electron chi connectivity index (χ4n) is 2.08. The van der Waals surface area contributed by atoms with Crippen LogP contribution in [0.2, 0.25) is 0 Å². The lowest BCUT2D eigenvalue weighted by Crippen LogP contribution is -2.39. The Morgan fingerprint density at radius 2 is 2.00 bits per heavy atom. The molecule has 0 saturated heterocycles. The molecule has 3 nitrogen and oxygen atoms in total. The highest BCUT2D eigenvalue weighted by Crippen LogP contribution is 2.21. The van der Waals surface area contributed by atoms with Crippen molar-refractivity contribution in [3.05, 3.63) is 23.8 Å². The van der Waals surface area contributed by atoms with E-state index in [-0.39, 0.29) is 6.04 Å². The summed E-state index contributed by atoms with van der Waals surface area (Å²) in [5, 5.41) is 3.25. The van der Waals surface area contributed by atoms with Gasteiger partial charge >= 0.3 is 0 Å². The molecule has 1 N–H and O–H groups in total. The number of halogens is 1. The zero-order chi connectivity index (χ0) is 11.4. The van der Waals surface area contributed by atoms with Gasteiger partial charge in [0.05, 0.1) is 0 Å². The van der Waals surface area contributed by atoms with Gasteiger partial charge in [0.25, 0.3) is 0 Å². The number of alkyl halides is 1. The molecule has 0 spiro atoms. The summed E-state index contributed by atoms with van der Waals surface area (Å²) in [6.45, 7) is 2.52. The van der Waals surface area contributed by atoms with Crippen LogP contribution in [-0.4, -0.2) is 22.2 Å². The van der Waals surface area contributed by atoms with Crippen molar-refractivity contribution in [1.82, 2.24) is 15.3 Å². The van der Waals surface area contributed by atoms with Gasteiger partial charge < -0.3 is 5.32 Å². The fraction of sp³-hybridized carbons (Fsp3) is 0.667. The highest BCUT2D eigenvalue weighted by Gasteiger charge is 2.23. The number of nitrogens with zero attached hydrogens (tertiary/aromatic N) is 2. The molecular formula is C12H18FN3. The molecule has 2 rings (SSSR count). The van der Waals surface area contributed by atoms with Crippen LogP contribution in [0.25, 0.3) is 0 Å². The molecule has 1 fully saturated rings. The molecule has 16 heavy (non-hydrogen) atoms. The molecule has 1 saturated carbocycles. The van der Waals surface area contributed by atoms with Crippen LogP contribution in [0.3, 0.4) is 0 Å². The molecule has 0 aromatic carbocycles. The quantitative estimate of drug-likeness (QED) is 0.853. The summed E-state index contributed by atoms with van der Waals surface area (Å²) in [6.07, 6.45) is 6.68. The minimum Gasteiger partial charge on any atom is -0.307 e. The van der Waals surface area contributed by atoms with E-state index >= 15 is 0 Å². The zero-order valence-corrected chi connectivity index (χ0v) is 9.62. The first-order chi connectivity index (χ1) is 7.75. The van der Waals surface area contributed by atoms with E-state index in [9.17, 15) is 4.39 Å². The van der Waals surface area contributed by atoms with E-state index in [1.165, 1.54) is 0 Å². The van der Waals surface area contributed by atoms with Crippen LogP contribution >= 0.6 is 0 Å². The third kappa shape index (κ3) is 2.98. The molecule has 4 heteroatoms. The highest BCUT2D eigenvalue weighted by atomic mass is 19.1. The van der Waals surface area contributed by atoms with E-state index < -0.39 is 6.17 Å². The largest absolute Gasteiger partial charge is 0.307 e. The van der Waals surface area contributed by atoms with Crippen LogP contribution in [0.15, 0.2) is 12.4 Å². The number of aromatic nitrogens is 2. The maximum atomic E-state index is 13.5. The molecule has 0 bridgehead atoms. The second kappa shape index (κ2) is 5.34. The van der Waals surface area contributed by atoms with Gasteiger partial charge in [0, 0.05) is 30.5 Å². The molecule has 1 heterocycles. The minimum atomic E-state index is -0.694. The third-order valence-corrected chi connectivity index (χ3v) is 3.08. The molecule has 0 aliphatic heterocycles. The molecule has 2 atom stereocenters. The van der Waals surface area contributed by atoms with Crippen LogP contribution in [0.5, 0.6) is 0 Å². The van der Waals surface area contributed by atoms with Crippen LogP contribution in [0.1, 0.15) is 37.1 Å². The highest BCUT2D eigenvalue weighted by molar-refractivity contribution is 5.04. The van der Waals surface area contributed by atoms with Crippen molar-refractivity contribution in [2.24, 2.45) is 0 Å². The lowest BCUT2D eigenvalue weighted by Gasteiger charge is -2.26. The average molecular weight is 223 g/mol. The van der Waals surface area contributed by atoms with Gasteiger partial charge in [-0.3, -0.25) is 0 Å². The molecule has 0 amide bonds. The van der Waals surface area contributed by atoms with E-state index in [2.05, 4.69) is 15.3 Å². The van der Waals surface area contributed by atoms with Crippen LogP contribution in [0.4, 0.5) is 4.39 Å². The van der Waals surface area contributed by atoms with E-state index in [4.69, 9.17) is 0 Å². The summed E-state index contributed by atoms with van der Waals surface area (Å²) < 4.78 is 13.5. The second-order valence-electron chi connectivity index (χ2n) is 4.43. The summed E-state index contributed by atoms with van der Waals surface area (Å²) in [5.41, 5.74) is 1.02. The molecule has 1 aromatic rings. The van der Waals surface area contributed by atoms with Gasteiger partial charge in [-0.15, -0.1) is 0 Å². The SMILES string of the molecule is Cc1ncc(CN[C@@H]2CCCC[C@H]2F)cn1. The van der Waals surface area contributed by atoms with Crippen molar-refractivity contribution < 1.29 is 4.39 Å². The Kier molecular flexibility index (Phi) is 3.83. The van der Waals surface area contributed by atoms with E-state index in [1.54, 1.807) is 12.4 Å². The minimum absolute atomic E-state index is 0.00931. The van der Waals surface area contributed by atoms with Crippen molar-refractivity contribution in [3.8, 4) is 0 Å². The van der Waals surface area contributed by atoms with Gasteiger partial charge in [0.15, 0.2) is 0 Å².